The number of carbonyl (C=O) groups excluding carboxylic acids is 2. The number of aryl methyl sites for hydroxylation is 1. The van der Waals surface area contributed by atoms with Crippen LogP contribution in [0.2, 0.25) is 0 Å². The molecule has 34 heavy (non-hydrogen) atoms. The largest absolute Gasteiger partial charge is 0.448 e. The molecule has 4 aromatic rings. The van der Waals surface area contributed by atoms with E-state index >= 15 is 0 Å². The molecule has 2 heterocycles. The second-order valence-corrected chi connectivity index (χ2v) is 7.76. The van der Waals surface area contributed by atoms with Crippen LogP contribution >= 0.6 is 0 Å². The number of ether oxygens (including phenoxy) is 1. The third-order valence-electron chi connectivity index (χ3n) is 5.47. The highest BCUT2D eigenvalue weighted by Crippen LogP contribution is 2.22. The zero-order valence-electron chi connectivity index (χ0n) is 19.2. The summed E-state index contributed by atoms with van der Waals surface area (Å²) in [7, 11) is 1.72. The first kappa shape index (κ1) is 22.8. The number of hydrogen-bond donors (Lipinski definition) is 1. The van der Waals surface area contributed by atoms with Crippen molar-refractivity contribution in [2.45, 2.75) is 26.9 Å². The average Bonchev–Trinajstić information content (AvgIpc) is 3.33. The summed E-state index contributed by atoms with van der Waals surface area (Å²) < 4.78 is 14.0. The Balaban J connectivity index is 1.50. The van der Waals surface area contributed by atoms with Crippen LogP contribution in [0.4, 0.5) is 5.69 Å². The molecule has 174 valence electrons. The van der Waals surface area contributed by atoms with Gasteiger partial charge < -0.3 is 14.5 Å². The molecule has 0 radical (unpaired) electrons. The van der Waals surface area contributed by atoms with Crippen molar-refractivity contribution in [3.05, 3.63) is 88.2 Å². The van der Waals surface area contributed by atoms with Crippen molar-refractivity contribution in [3.8, 4) is 17.1 Å². The Kier molecular flexibility index (Phi) is 6.18. The van der Waals surface area contributed by atoms with Gasteiger partial charge in [0.2, 0.25) is 5.89 Å². The van der Waals surface area contributed by atoms with E-state index < -0.39 is 23.5 Å². The van der Waals surface area contributed by atoms with Crippen LogP contribution in [-0.4, -0.2) is 32.3 Å². The van der Waals surface area contributed by atoms with Gasteiger partial charge in [-0.2, -0.15) is 0 Å². The molecule has 1 unspecified atom stereocenters. The fraction of sp³-hybridized carbons (Fsp3) is 0.200. The van der Waals surface area contributed by atoms with E-state index in [2.05, 4.69) is 10.3 Å². The molecule has 9 nitrogen and oxygen atoms in total. The van der Waals surface area contributed by atoms with Crippen LogP contribution in [0, 0.1) is 13.8 Å². The number of benzene rings is 2. The minimum Gasteiger partial charge on any atom is -0.448 e. The molecule has 1 atom stereocenters. The third kappa shape index (κ3) is 4.27. The number of para-hydroxylation sites is 1. The molecule has 0 saturated carbocycles. The molecule has 0 bridgehead atoms. The molecule has 1 amide bonds. The predicted octanol–water partition coefficient (Wildman–Crippen LogP) is 3.63. The topological polar surface area (TPSA) is 108 Å². The van der Waals surface area contributed by atoms with Gasteiger partial charge in [-0.3, -0.25) is 14.3 Å². The van der Waals surface area contributed by atoms with Gasteiger partial charge in [0.05, 0.1) is 11.4 Å². The van der Waals surface area contributed by atoms with Crippen LogP contribution in [-0.2, 0) is 16.6 Å². The number of hydrogen-bond acceptors (Lipinski definition) is 6. The van der Waals surface area contributed by atoms with Crippen LogP contribution in [0.25, 0.3) is 17.1 Å². The highest BCUT2D eigenvalue weighted by molar-refractivity contribution is 5.97. The van der Waals surface area contributed by atoms with E-state index in [1.165, 1.54) is 11.6 Å². The van der Waals surface area contributed by atoms with Gasteiger partial charge in [0.1, 0.15) is 11.4 Å². The maximum Gasteiger partial charge on any atom is 0.361 e. The highest BCUT2D eigenvalue weighted by Gasteiger charge is 2.26. The number of rotatable bonds is 6. The summed E-state index contributed by atoms with van der Waals surface area (Å²) >= 11 is 0. The van der Waals surface area contributed by atoms with Crippen molar-refractivity contribution < 1.29 is 18.7 Å². The van der Waals surface area contributed by atoms with E-state index in [0.29, 0.717) is 16.9 Å². The molecule has 9 heteroatoms. The maximum absolute atomic E-state index is 13.0. The Morgan fingerprint density at radius 1 is 1.03 bits per heavy atom. The summed E-state index contributed by atoms with van der Waals surface area (Å²) in [6.45, 7) is 4.74. The van der Waals surface area contributed by atoms with Crippen molar-refractivity contribution in [2.24, 2.45) is 7.05 Å². The van der Waals surface area contributed by atoms with E-state index in [-0.39, 0.29) is 23.0 Å². The summed E-state index contributed by atoms with van der Waals surface area (Å²) in [4.78, 5) is 42.6. The van der Waals surface area contributed by atoms with E-state index in [9.17, 15) is 14.4 Å². The van der Waals surface area contributed by atoms with Crippen molar-refractivity contribution in [1.82, 2.24) is 14.3 Å². The van der Waals surface area contributed by atoms with Gasteiger partial charge in [-0.05, 0) is 45.0 Å². The van der Waals surface area contributed by atoms with Crippen molar-refractivity contribution in [1.29, 1.82) is 0 Å². The van der Waals surface area contributed by atoms with Crippen molar-refractivity contribution in [2.75, 3.05) is 5.32 Å². The number of carbonyl (C=O) groups is 2. The first-order valence-electron chi connectivity index (χ1n) is 10.7. The summed E-state index contributed by atoms with van der Waals surface area (Å²) in [6.07, 6.45) is -1.17. The van der Waals surface area contributed by atoms with Crippen LogP contribution in [0.5, 0.6) is 0 Å². The molecule has 0 aliphatic carbocycles. The summed E-state index contributed by atoms with van der Waals surface area (Å²) in [5, 5.41) is 2.60. The molecule has 0 spiro atoms. The van der Waals surface area contributed by atoms with E-state index in [1.54, 1.807) is 49.8 Å². The van der Waals surface area contributed by atoms with E-state index in [4.69, 9.17) is 9.15 Å². The highest BCUT2D eigenvalue weighted by atomic mass is 16.5. The molecule has 2 aromatic heterocycles. The summed E-state index contributed by atoms with van der Waals surface area (Å²) in [6, 6.07) is 18.2. The first-order valence-corrected chi connectivity index (χ1v) is 10.7. The number of aromatic nitrogens is 3. The number of oxazole rings is 1. The lowest BCUT2D eigenvalue weighted by molar-refractivity contribution is -0.123. The normalized spacial score (nSPS) is 11.8. The Morgan fingerprint density at radius 3 is 2.29 bits per heavy atom. The number of nitrogens with zero attached hydrogens (tertiary/aromatic N) is 3. The third-order valence-corrected chi connectivity index (χ3v) is 5.47. The van der Waals surface area contributed by atoms with Crippen molar-refractivity contribution in [3.63, 3.8) is 0 Å². The van der Waals surface area contributed by atoms with Gasteiger partial charge in [0, 0.05) is 12.6 Å². The van der Waals surface area contributed by atoms with E-state index in [0.717, 1.165) is 0 Å². The number of nitrogens with one attached hydrogen (secondary N) is 1. The van der Waals surface area contributed by atoms with Gasteiger partial charge in [0.15, 0.2) is 11.8 Å². The molecule has 0 aliphatic heterocycles. The van der Waals surface area contributed by atoms with Crippen LogP contribution in [0.15, 0.2) is 69.9 Å². The average molecular weight is 460 g/mol. The summed E-state index contributed by atoms with van der Waals surface area (Å²) in [5.41, 5.74) is 1.64. The molecule has 1 N–H and O–H groups in total. The Hall–Kier alpha value is -4.40. The monoisotopic (exact) mass is 460 g/mol. The zero-order chi connectivity index (χ0) is 24.4. The van der Waals surface area contributed by atoms with Gasteiger partial charge >= 0.3 is 5.97 Å². The fourth-order valence-corrected chi connectivity index (χ4v) is 3.50. The molecule has 4 rings (SSSR count). The van der Waals surface area contributed by atoms with Crippen LogP contribution < -0.4 is 10.9 Å². The fourth-order valence-electron chi connectivity index (χ4n) is 3.50. The molecular formula is C25H24N4O5. The Morgan fingerprint density at radius 2 is 1.65 bits per heavy atom. The van der Waals surface area contributed by atoms with Gasteiger partial charge in [-0.1, -0.05) is 36.4 Å². The quantitative estimate of drug-likeness (QED) is 0.440. The number of amides is 1. The molecular weight excluding hydrogens is 436 g/mol. The van der Waals surface area contributed by atoms with Crippen molar-refractivity contribution >= 4 is 17.6 Å². The predicted molar refractivity (Wildman–Crippen MR) is 126 cm³/mol. The molecule has 0 aliphatic rings. The molecule has 2 aromatic carbocycles. The second-order valence-electron chi connectivity index (χ2n) is 7.76. The lowest BCUT2D eigenvalue weighted by Crippen LogP contribution is -2.32. The lowest BCUT2D eigenvalue weighted by Gasteiger charge is -2.12. The first-order chi connectivity index (χ1) is 16.3. The standard InChI is InChI=1S/C25H24N4O5/c1-15-20(24(31)29(28(15)4)19-13-9-6-10-14-19)26-22(30)17(3)34-25(32)21-16(2)33-23(27-21)18-11-7-5-8-12-18/h5-14,17H,1-4H3,(H,26,30). The van der Waals surface area contributed by atoms with E-state index in [1.807, 2.05) is 36.4 Å². The smallest absolute Gasteiger partial charge is 0.361 e. The van der Waals surface area contributed by atoms with Crippen LogP contribution in [0.3, 0.4) is 0 Å². The molecule has 0 saturated heterocycles. The number of esters is 1. The van der Waals surface area contributed by atoms with Gasteiger partial charge in [-0.15, -0.1) is 0 Å². The minimum absolute atomic E-state index is 0.0131. The minimum atomic E-state index is -1.17. The maximum atomic E-state index is 13.0. The Bertz CT molecular complexity index is 1400. The molecule has 0 fully saturated rings. The van der Waals surface area contributed by atoms with Crippen LogP contribution in [0.1, 0.15) is 28.9 Å². The lowest BCUT2D eigenvalue weighted by atomic mass is 10.2. The van der Waals surface area contributed by atoms with Gasteiger partial charge in [0.25, 0.3) is 11.5 Å². The zero-order valence-corrected chi connectivity index (χ0v) is 19.2. The SMILES string of the molecule is Cc1oc(-c2ccccc2)nc1C(=O)OC(C)C(=O)Nc1c(C)n(C)n(-c2ccccc2)c1=O. The number of anilines is 1. The second kappa shape index (κ2) is 9.22. The summed E-state index contributed by atoms with van der Waals surface area (Å²) in [5.74, 6) is -0.869. The Labute approximate surface area is 195 Å². The van der Waals surface area contributed by atoms with Gasteiger partial charge in [-0.25, -0.2) is 14.5 Å².